The number of ether oxygens (including phenoxy) is 2. The quantitative estimate of drug-likeness (QED) is 0.525. The van der Waals surface area contributed by atoms with Crippen LogP contribution in [0, 0.1) is 5.92 Å². The zero-order valence-electron chi connectivity index (χ0n) is 12.9. The number of carboxylic acid groups (broad SMARTS) is 1. The van der Waals surface area contributed by atoms with E-state index in [-0.39, 0.29) is 17.6 Å². The van der Waals surface area contributed by atoms with Gasteiger partial charge < -0.3 is 19.9 Å². The zero-order chi connectivity index (χ0) is 17.2. The molecule has 0 saturated heterocycles. The zero-order valence-corrected chi connectivity index (χ0v) is 13.7. The molecule has 2 N–H and O–H groups in total. The number of aliphatic carboxylic acids is 1. The molecule has 1 atom stereocenters. The van der Waals surface area contributed by atoms with E-state index in [1.54, 1.807) is 0 Å². The van der Waals surface area contributed by atoms with Crippen LogP contribution in [0.5, 0.6) is 0 Å². The molecule has 1 fully saturated rings. The standard InChI is InChI=1S/C14H21NO7S/c1-9(16)15-11(12(17)18)7-23-14(20)22-8-21-13(19)10-5-3-2-4-6-10/h10-11H,2-8H2,1H3,(H,15,16)(H,17,18)/t11-/m0/s1. The van der Waals surface area contributed by atoms with E-state index in [0.717, 1.165) is 32.1 Å². The fourth-order valence-electron chi connectivity index (χ4n) is 2.20. The van der Waals surface area contributed by atoms with Crippen LogP contribution in [-0.4, -0.2) is 46.8 Å². The van der Waals surface area contributed by atoms with Crippen molar-refractivity contribution in [1.82, 2.24) is 5.32 Å². The van der Waals surface area contributed by atoms with Gasteiger partial charge in [-0.05, 0) is 24.6 Å². The third kappa shape index (κ3) is 7.87. The minimum atomic E-state index is -1.25. The average Bonchev–Trinajstić information content (AvgIpc) is 2.51. The minimum absolute atomic E-state index is 0.133. The summed E-state index contributed by atoms with van der Waals surface area (Å²) in [6.45, 7) is 0.697. The van der Waals surface area contributed by atoms with Gasteiger partial charge in [0.2, 0.25) is 12.7 Å². The normalized spacial score (nSPS) is 16.2. The number of nitrogens with one attached hydrogen (secondary N) is 1. The topological polar surface area (TPSA) is 119 Å². The average molecular weight is 347 g/mol. The summed E-state index contributed by atoms with van der Waals surface area (Å²) < 4.78 is 9.60. The Hall–Kier alpha value is -1.77. The van der Waals surface area contributed by atoms with Crippen LogP contribution >= 0.6 is 11.8 Å². The van der Waals surface area contributed by atoms with Crippen LogP contribution in [-0.2, 0) is 23.9 Å². The molecule has 0 bridgehead atoms. The lowest BCUT2D eigenvalue weighted by Crippen LogP contribution is -2.41. The number of amides is 1. The molecule has 0 aromatic heterocycles. The van der Waals surface area contributed by atoms with Crippen LogP contribution in [0.15, 0.2) is 0 Å². The van der Waals surface area contributed by atoms with Gasteiger partial charge >= 0.3 is 17.2 Å². The Kier molecular flexibility index (Phi) is 8.46. The van der Waals surface area contributed by atoms with Crippen LogP contribution in [0.4, 0.5) is 4.79 Å². The molecule has 1 rings (SSSR count). The van der Waals surface area contributed by atoms with Crippen molar-refractivity contribution >= 4 is 34.9 Å². The van der Waals surface area contributed by atoms with Gasteiger partial charge in [-0.25, -0.2) is 9.59 Å². The first-order chi connectivity index (χ1) is 10.9. The number of thioether (sulfide) groups is 1. The fraction of sp³-hybridized carbons (Fsp3) is 0.714. The van der Waals surface area contributed by atoms with Crippen LogP contribution in [0.2, 0.25) is 0 Å². The Bertz CT molecular complexity index is 448. The maximum atomic E-state index is 11.7. The Morgan fingerprint density at radius 3 is 2.39 bits per heavy atom. The van der Waals surface area contributed by atoms with Crippen LogP contribution in [0.25, 0.3) is 0 Å². The lowest BCUT2D eigenvalue weighted by atomic mass is 9.89. The molecule has 0 unspecified atom stereocenters. The lowest BCUT2D eigenvalue weighted by molar-refractivity contribution is -0.157. The van der Waals surface area contributed by atoms with Gasteiger partial charge in [-0.3, -0.25) is 9.59 Å². The highest BCUT2D eigenvalue weighted by molar-refractivity contribution is 8.13. The summed E-state index contributed by atoms with van der Waals surface area (Å²) >= 11 is 0.594. The molecule has 1 amide bonds. The number of hydrogen-bond donors (Lipinski definition) is 2. The predicted octanol–water partition coefficient (Wildman–Crippen LogP) is 1.53. The summed E-state index contributed by atoms with van der Waals surface area (Å²) in [5, 5.41) is 10.3. The number of carbonyl (C=O) groups is 4. The maximum Gasteiger partial charge on any atom is 0.370 e. The van der Waals surface area contributed by atoms with Gasteiger partial charge in [0.1, 0.15) is 6.04 Å². The van der Waals surface area contributed by atoms with Crippen LogP contribution < -0.4 is 5.32 Å². The molecule has 0 aromatic carbocycles. The number of carbonyl (C=O) groups excluding carboxylic acids is 3. The number of carboxylic acids is 1. The van der Waals surface area contributed by atoms with E-state index in [0.29, 0.717) is 11.8 Å². The number of hydrogen-bond acceptors (Lipinski definition) is 7. The second-order valence-electron chi connectivity index (χ2n) is 5.21. The van der Waals surface area contributed by atoms with E-state index in [2.05, 4.69) is 5.32 Å². The van der Waals surface area contributed by atoms with Gasteiger partial charge in [-0.15, -0.1) is 0 Å². The Morgan fingerprint density at radius 1 is 1.17 bits per heavy atom. The first kappa shape index (κ1) is 19.3. The summed E-state index contributed by atoms with van der Waals surface area (Å²) in [6.07, 6.45) is 4.69. The molecule has 0 radical (unpaired) electrons. The summed E-state index contributed by atoms with van der Waals surface area (Å²) in [7, 11) is 0. The van der Waals surface area contributed by atoms with Crippen LogP contribution in [0.3, 0.4) is 0 Å². The third-order valence-corrected chi connectivity index (χ3v) is 4.21. The molecule has 9 heteroatoms. The number of rotatable bonds is 7. The second-order valence-corrected chi connectivity index (χ2v) is 6.17. The fourth-order valence-corrected chi connectivity index (χ4v) is 2.86. The molecule has 1 aliphatic rings. The molecule has 0 aliphatic heterocycles. The van der Waals surface area contributed by atoms with Crippen molar-refractivity contribution in [3.63, 3.8) is 0 Å². The van der Waals surface area contributed by atoms with E-state index < -0.39 is 30.0 Å². The van der Waals surface area contributed by atoms with E-state index >= 15 is 0 Å². The molecule has 1 saturated carbocycles. The maximum absolute atomic E-state index is 11.7. The Labute approximate surface area is 138 Å². The van der Waals surface area contributed by atoms with Gasteiger partial charge in [0.25, 0.3) is 0 Å². The molecule has 23 heavy (non-hydrogen) atoms. The largest absolute Gasteiger partial charge is 0.480 e. The molecule has 130 valence electrons. The smallest absolute Gasteiger partial charge is 0.370 e. The van der Waals surface area contributed by atoms with E-state index in [1.165, 1.54) is 6.92 Å². The molecular weight excluding hydrogens is 326 g/mol. The van der Waals surface area contributed by atoms with Crippen molar-refractivity contribution in [2.45, 2.75) is 45.1 Å². The summed E-state index contributed by atoms with van der Waals surface area (Å²) in [6, 6.07) is -1.19. The summed E-state index contributed by atoms with van der Waals surface area (Å²) in [4.78, 5) is 44.9. The van der Waals surface area contributed by atoms with Crippen molar-refractivity contribution in [1.29, 1.82) is 0 Å². The molecular formula is C14H21NO7S. The van der Waals surface area contributed by atoms with Crippen molar-refractivity contribution in [2.75, 3.05) is 12.5 Å². The van der Waals surface area contributed by atoms with Crippen molar-refractivity contribution < 1.29 is 33.8 Å². The van der Waals surface area contributed by atoms with Gasteiger partial charge in [-0.1, -0.05) is 19.3 Å². The highest BCUT2D eigenvalue weighted by atomic mass is 32.2. The SMILES string of the molecule is CC(=O)N[C@@H](CSC(=O)OCOC(=O)C1CCCCC1)C(=O)O. The van der Waals surface area contributed by atoms with E-state index in [4.69, 9.17) is 14.6 Å². The molecule has 0 spiro atoms. The second kappa shape index (κ2) is 10.1. The van der Waals surface area contributed by atoms with E-state index in [9.17, 15) is 19.2 Å². The van der Waals surface area contributed by atoms with Gasteiger partial charge in [-0.2, -0.15) is 0 Å². The Balaban J connectivity index is 2.21. The molecule has 0 aromatic rings. The summed E-state index contributed by atoms with van der Waals surface area (Å²) in [5.74, 6) is -2.43. The van der Waals surface area contributed by atoms with E-state index in [1.807, 2.05) is 0 Å². The monoisotopic (exact) mass is 347 g/mol. The van der Waals surface area contributed by atoms with Crippen molar-refractivity contribution in [2.24, 2.45) is 5.92 Å². The highest BCUT2D eigenvalue weighted by Crippen LogP contribution is 2.24. The Morgan fingerprint density at radius 2 is 1.83 bits per heavy atom. The van der Waals surface area contributed by atoms with Gasteiger partial charge in [0.05, 0.1) is 5.92 Å². The van der Waals surface area contributed by atoms with Crippen LogP contribution in [0.1, 0.15) is 39.0 Å². The predicted molar refractivity (Wildman–Crippen MR) is 81.7 cm³/mol. The molecule has 1 aliphatic carbocycles. The third-order valence-electron chi connectivity index (χ3n) is 3.36. The minimum Gasteiger partial charge on any atom is -0.480 e. The molecule has 8 nitrogen and oxygen atoms in total. The molecule has 0 heterocycles. The highest BCUT2D eigenvalue weighted by Gasteiger charge is 2.23. The first-order valence-corrected chi connectivity index (χ1v) is 8.34. The summed E-state index contributed by atoms with van der Waals surface area (Å²) in [5.41, 5.74) is 0. The van der Waals surface area contributed by atoms with Gasteiger partial charge in [0, 0.05) is 12.7 Å². The van der Waals surface area contributed by atoms with Crippen molar-refractivity contribution in [3.8, 4) is 0 Å². The van der Waals surface area contributed by atoms with Gasteiger partial charge in [0.15, 0.2) is 0 Å². The number of esters is 1. The lowest BCUT2D eigenvalue weighted by Gasteiger charge is -2.19. The first-order valence-electron chi connectivity index (χ1n) is 7.36. The van der Waals surface area contributed by atoms with Crippen molar-refractivity contribution in [3.05, 3.63) is 0 Å².